The molecule has 1 aromatic rings. The van der Waals surface area contributed by atoms with Gasteiger partial charge in [0, 0.05) is 24.0 Å². The molecule has 0 aliphatic carbocycles. The van der Waals surface area contributed by atoms with E-state index in [1.807, 2.05) is 0 Å². The highest BCUT2D eigenvalue weighted by molar-refractivity contribution is 8.18. The fourth-order valence-electron chi connectivity index (χ4n) is 2.49. The second-order valence-corrected chi connectivity index (χ2v) is 7.38. The van der Waals surface area contributed by atoms with Crippen LogP contribution in [0, 0.1) is 10.1 Å². The van der Waals surface area contributed by atoms with Gasteiger partial charge in [-0.1, -0.05) is 11.3 Å². The normalized spacial score (nSPS) is 19.6. The van der Waals surface area contributed by atoms with Gasteiger partial charge >= 0.3 is 5.00 Å². The lowest BCUT2D eigenvalue weighted by atomic mass is 10.3. The van der Waals surface area contributed by atoms with E-state index in [9.17, 15) is 24.5 Å². The lowest BCUT2D eigenvalue weighted by Crippen LogP contribution is -2.40. The maximum Gasteiger partial charge on any atom is 0.324 e. The third-order valence-electron chi connectivity index (χ3n) is 3.69. The number of carbonyl (C=O) groups excluding carboxylic acids is 3. The zero-order valence-electron chi connectivity index (χ0n) is 12.5. The molecule has 3 rings (SSSR count). The molecule has 1 aromatic heterocycles. The van der Waals surface area contributed by atoms with Gasteiger partial charge < -0.3 is 4.90 Å². The van der Waals surface area contributed by atoms with Crippen molar-refractivity contribution in [1.29, 1.82) is 0 Å². The van der Waals surface area contributed by atoms with Crippen molar-refractivity contribution >= 4 is 51.2 Å². The van der Waals surface area contributed by atoms with Crippen molar-refractivity contribution in [3.8, 4) is 0 Å². The SMILES string of the molecule is O=C(CN1C(=O)S/C(=C\c2ccc([N+](=O)[O-])s2)C1=O)N1CCCC1. The van der Waals surface area contributed by atoms with E-state index >= 15 is 0 Å². The topological polar surface area (TPSA) is 101 Å². The van der Waals surface area contributed by atoms with Gasteiger partial charge in [0.1, 0.15) is 6.54 Å². The standard InChI is InChI=1S/C14H13N3O5S2/c18-11(15-5-1-2-6-15)8-16-13(19)10(24-14(16)20)7-9-3-4-12(23-9)17(21)22/h3-4,7H,1-2,5-6,8H2/b10-7-. The first kappa shape index (κ1) is 16.7. The van der Waals surface area contributed by atoms with Crippen LogP contribution in [0.3, 0.4) is 0 Å². The third-order valence-corrected chi connectivity index (χ3v) is 5.58. The van der Waals surface area contributed by atoms with Gasteiger partial charge in [0.2, 0.25) is 5.91 Å². The summed E-state index contributed by atoms with van der Waals surface area (Å²) in [6.45, 7) is 1.06. The summed E-state index contributed by atoms with van der Waals surface area (Å²) in [7, 11) is 0. The minimum absolute atomic E-state index is 0.0373. The van der Waals surface area contributed by atoms with Crippen molar-refractivity contribution in [3.63, 3.8) is 0 Å². The van der Waals surface area contributed by atoms with Crippen LogP contribution in [0.4, 0.5) is 9.80 Å². The van der Waals surface area contributed by atoms with Gasteiger partial charge in [-0.2, -0.15) is 0 Å². The molecular formula is C14H13N3O5S2. The van der Waals surface area contributed by atoms with Gasteiger partial charge in [-0.25, -0.2) is 0 Å². The number of hydrogen-bond acceptors (Lipinski definition) is 7. The average molecular weight is 367 g/mol. The molecule has 3 heterocycles. The van der Waals surface area contributed by atoms with Crippen molar-refractivity contribution in [3.05, 3.63) is 32.0 Å². The minimum Gasteiger partial charge on any atom is -0.341 e. The molecule has 10 heteroatoms. The Balaban J connectivity index is 1.71. The molecule has 0 unspecified atom stereocenters. The van der Waals surface area contributed by atoms with Crippen LogP contribution in [-0.4, -0.2) is 51.4 Å². The fraction of sp³-hybridized carbons (Fsp3) is 0.357. The maximum atomic E-state index is 12.3. The minimum atomic E-state index is -0.534. The Bertz CT molecular complexity index is 751. The molecule has 0 radical (unpaired) electrons. The number of likely N-dealkylation sites (tertiary alicyclic amines) is 1. The van der Waals surface area contributed by atoms with Crippen molar-refractivity contribution < 1.29 is 19.3 Å². The molecule has 8 nitrogen and oxygen atoms in total. The van der Waals surface area contributed by atoms with Crippen LogP contribution >= 0.6 is 23.1 Å². The van der Waals surface area contributed by atoms with Gasteiger partial charge in [0.15, 0.2) is 0 Å². The van der Waals surface area contributed by atoms with E-state index in [0.717, 1.165) is 40.8 Å². The van der Waals surface area contributed by atoms with E-state index in [1.54, 1.807) is 4.90 Å². The molecule has 126 valence electrons. The van der Waals surface area contributed by atoms with Gasteiger partial charge in [-0.15, -0.1) is 0 Å². The molecule has 0 N–H and O–H groups in total. The molecular weight excluding hydrogens is 354 g/mol. The quantitative estimate of drug-likeness (QED) is 0.460. The summed E-state index contributed by atoms with van der Waals surface area (Å²) < 4.78 is 0. The molecule has 0 saturated carbocycles. The van der Waals surface area contributed by atoms with Crippen LogP contribution in [0.2, 0.25) is 0 Å². The zero-order valence-corrected chi connectivity index (χ0v) is 14.1. The number of amides is 3. The lowest BCUT2D eigenvalue weighted by molar-refractivity contribution is -0.380. The molecule has 2 aliphatic heterocycles. The second-order valence-electron chi connectivity index (χ2n) is 5.29. The molecule has 0 spiro atoms. The first-order valence-electron chi connectivity index (χ1n) is 7.23. The van der Waals surface area contributed by atoms with Gasteiger partial charge in [0.05, 0.1) is 9.83 Å². The van der Waals surface area contributed by atoms with Crippen LogP contribution in [0.1, 0.15) is 17.7 Å². The zero-order chi connectivity index (χ0) is 17.3. The summed E-state index contributed by atoms with van der Waals surface area (Å²) in [5.41, 5.74) is 0. The number of hydrogen-bond donors (Lipinski definition) is 0. The highest BCUT2D eigenvalue weighted by Crippen LogP contribution is 2.34. The van der Waals surface area contributed by atoms with Crippen molar-refractivity contribution in [2.24, 2.45) is 0 Å². The Kier molecular flexibility index (Phi) is 4.67. The van der Waals surface area contributed by atoms with E-state index in [0.29, 0.717) is 18.0 Å². The molecule has 0 bridgehead atoms. The van der Waals surface area contributed by atoms with Crippen LogP contribution in [0.25, 0.3) is 6.08 Å². The molecule has 2 fully saturated rings. The molecule has 2 aliphatic rings. The molecule has 2 saturated heterocycles. The Labute approximate surface area is 145 Å². The van der Waals surface area contributed by atoms with Gasteiger partial charge in [-0.3, -0.25) is 29.4 Å². The average Bonchev–Trinajstić information content (AvgIpc) is 3.25. The highest BCUT2D eigenvalue weighted by atomic mass is 32.2. The monoisotopic (exact) mass is 367 g/mol. The summed E-state index contributed by atoms with van der Waals surface area (Å²) in [5, 5.41) is 10.2. The summed E-state index contributed by atoms with van der Waals surface area (Å²) in [6, 6.07) is 2.86. The van der Waals surface area contributed by atoms with Crippen molar-refractivity contribution in [2.75, 3.05) is 19.6 Å². The predicted octanol–water partition coefficient (Wildman–Crippen LogP) is 2.32. The summed E-state index contributed by atoms with van der Waals surface area (Å²) in [5.74, 6) is -0.767. The number of nitro groups is 1. The number of thioether (sulfide) groups is 1. The van der Waals surface area contributed by atoms with E-state index in [1.165, 1.54) is 18.2 Å². The second kappa shape index (κ2) is 6.73. The van der Waals surface area contributed by atoms with E-state index < -0.39 is 16.1 Å². The number of carbonyl (C=O) groups is 3. The first-order chi connectivity index (χ1) is 11.5. The summed E-state index contributed by atoms with van der Waals surface area (Å²) in [4.78, 5) is 49.9. The molecule has 0 atom stereocenters. The first-order valence-corrected chi connectivity index (χ1v) is 8.86. The Hall–Kier alpha value is -2.20. The van der Waals surface area contributed by atoms with Crippen molar-refractivity contribution in [2.45, 2.75) is 12.8 Å². The van der Waals surface area contributed by atoms with Crippen molar-refractivity contribution in [1.82, 2.24) is 9.80 Å². The maximum absolute atomic E-state index is 12.3. The number of thiophene rings is 1. The Morgan fingerprint density at radius 3 is 2.62 bits per heavy atom. The van der Waals surface area contributed by atoms with E-state index in [4.69, 9.17) is 0 Å². The number of imide groups is 1. The predicted molar refractivity (Wildman–Crippen MR) is 89.5 cm³/mol. The van der Waals surface area contributed by atoms with Gasteiger partial charge in [-0.05, 0) is 36.7 Å². The summed E-state index contributed by atoms with van der Waals surface area (Å²) in [6.07, 6.45) is 3.32. The van der Waals surface area contributed by atoms with Crippen LogP contribution in [0.15, 0.2) is 17.0 Å². The molecule has 0 aromatic carbocycles. The third kappa shape index (κ3) is 3.34. The molecule has 3 amide bonds. The smallest absolute Gasteiger partial charge is 0.324 e. The number of rotatable bonds is 4. The number of nitrogens with zero attached hydrogens (tertiary/aromatic N) is 3. The van der Waals surface area contributed by atoms with Crippen LogP contribution < -0.4 is 0 Å². The Morgan fingerprint density at radius 2 is 2.00 bits per heavy atom. The largest absolute Gasteiger partial charge is 0.341 e. The van der Waals surface area contributed by atoms with Crippen LogP contribution in [-0.2, 0) is 9.59 Å². The summed E-state index contributed by atoms with van der Waals surface area (Å²) >= 11 is 1.66. The highest BCUT2D eigenvalue weighted by Gasteiger charge is 2.37. The fourth-order valence-corrected chi connectivity index (χ4v) is 4.15. The van der Waals surface area contributed by atoms with Gasteiger partial charge in [0.25, 0.3) is 11.1 Å². The van der Waals surface area contributed by atoms with E-state index in [-0.39, 0.29) is 22.4 Å². The van der Waals surface area contributed by atoms with E-state index in [2.05, 4.69) is 0 Å². The Morgan fingerprint density at radius 1 is 1.29 bits per heavy atom. The molecule has 24 heavy (non-hydrogen) atoms. The van der Waals surface area contributed by atoms with Crippen LogP contribution in [0.5, 0.6) is 0 Å². The lowest BCUT2D eigenvalue weighted by Gasteiger charge is -2.18.